The largest absolute Gasteiger partial charge is 0.210 e. The topological polar surface area (TPSA) is 0 Å². The van der Waals surface area contributed by atoms with E-state index in [4.69, 9.17) is 11.1 Å². The van der Waals surface area contributed by atoms with Gasteiger partial charge in [-0.3, -0.25) is 0 Å². The predicted octanol–water partition coefficient (Wildman–Crippen LogP) is 1.89. The highest BCUT2D eigenvalue weighted by molar-refractivity contribution is 7.98. The van der Waals surface area contributed by atoms with Crippen LogP contribution in [0.15, 0.2) is 29.2 Å². The highest BCUT2D eigenvalue weighted by Crippen LogP contribution is 2.11. The zero-order valence-electron chi connectivity index (χ0n) is 5.60. The third-order valence-corrected chi connectivity index (χ3v) is 3.15. The first-order valence-electron chi connectivity index (χ1n) is 2.87. The van der Waals surface area contributed by atoms with Crippen molar-refractivity contribution in [3.63, 3.8) is 0 Å². The summed E-state index contributed by atoms with van der Waals surface area (Å²) in [4.78, 5) is 1.29. The summed E-state index contributed by atoms with van der Waals surface area (Å²) >= 11 is 7.39. The van der Waals surface area contributed by atoms with Crippen LogP contribution >= 0.6 is 22.8 Å². The summed E-state index contributed by atoms with van der Waals surface area (Å²) in [5.74, 6) is 0. The Kier molecular flexibility index (Phi) is 3.32. The molecule has 0 aromatic heterocycles. The Morgan fingerprint density at radius 2 is 1.90 bits per heavy atom. The first kappa shape index (κ1) is 8.18. The number of thioether (sulfide) groups is 1. The molecule has 0 nitrogen and oxygen atoms in total. The predicted molar refractivity (Wildman–Crippen MR) is 49.5 cm³/mol. The molecule has 0 saturated heterocycles. The van der Waals surface area contributed by atoms with Crippen molar-refractivity contribution in [1.29, 1.82) is 0 Å². The van der Waals surface area contributed by atoms with Crippen molar-refractivity contribution >= 4 is 36.9 Å². The lowest BCUT2D eigenvalue weighted by atomic mass is 10.4. The van der Waals surface area contributed by atoms with Crippen LogP contribution in [-0.2, 0) is 0 Å². The van der Waals surface area contributed by atoms with Gasteiger partial charge in [-0.2, -0.15) is 11.1 Å². The third-order valence-electron chi connectivity index (χ3n) is 1.20. The molecule has 0 saturated carbocycles. The average Bonchev–Trinajstić information content (AvgIpc) is 2.05. The molecule has 0 aliphatic rings. The fraction of sp³-hybridized carbons (Fsp3) is 0.143. The third kappa shape index (κ3) is 2.04. The second-order valence-corrected chi connectivity index (χ2v) is 4.04. The maximum absolute atomic E-state index is 5.64. The summed E-state index contributed by atoms with van der Waals surface area (Å²) in [7, 11) is 0.391. The highest BCUT2D eigenvalue weighted by Gasteiger charge is 1.91. The van der Waals surface area contributed by atoms with Crippen LogP contribution in [-0.4, -0.2) is 15.1 Å². The Labute approximate surface area is 72.5 Å². The summed E-state index contributed by atoms with van der Waals surface area (Å²) in [6.07, 6.45) is 2.07. The van der Waals surface area contributed by atoms with Crippen molar-refractivity contribution in [2.75, 3.05) is 6.26 Å². The molecule has 1 aromatic rings. The fourth-order valence-electron chi connectivity index (χ4n) is 0.654. The van der Waals surface area contributed by atoms with E-state index in [0.717, 1.165) is 0 Å². The lowest BCUT2D eigenvalue weighted by Crippen LogP contribution is -2.06. The van der Waals surface area contributed by atoms with E-state index in [-0.39, 0.29) is 0 Å². The van der Waals surface area contributed by atoms with Crippen LogP contribution in [0.2, 0.25) is 0 Å². The van der Waals surface area contributed by atoms with Crippen molar-refractivity contribution in [2.45, 2.75) is 4.90 Å². The summed E-state index contributed by atoms with van der Waals surface area (Å²) in [6.45, 7) is 0. The Bertz CT molecular complexity index is 174. The van der Waals surface area contributed by atoms with Crippen LogP contribution < -0.4 is 5.19 Å². The lowest BCUT2D eigenvalue weighted by Gasteiger charge is -1.95. The smallest absolute Gasteiger partial charge is 0.165 e. The van der Waals surface area contributed by atoms with Gasteiger partial charge in [0.05, 0.1) is 0 Å². The van der Waals surface area contributed by atoms with Crippen molar-refractivity contribution in [1.82, 2.24) is 0 Å². The Balaban J connectivity index is 2.80. The quantitative estimate of drug-likeness (QED) is 0.386. The van der Waals surface area contributed by atoms with E-state index in [9.17, 15) is 0 Å². The summed E-state index contributed by atoms with van der Waals surface area (Å²) in [5.41, 5.74) is 0. The fourth-order valence-corrected chi connectivity index (χ4v) is 1.73. The van der Waals surface area contributed by atoms with Gasteiger partial charge < -0.3 is 0 Å². The minimum absolute atomic E-state index is 0.391. The molecule has 0 atom stereocenters. The van der Waals surface area contributed by atoms with Crippen molar-refractivity contribution in [2.24, 2.45) is 0 Å². The van der Waals surface area contributed by atoms with Gasteiger partial charge in [0, 0.05) is 4.90 Å². The first-order valence-corrected chi connectivity index (χ1v) is 6.11. The molecule has 0 unspecified atom stereocenters. The molecule has 2 radical (unpaired) electrons. The molecular weight excluding hydrogens is 180 g/mol. The van der Waals surface area contributed by atoms with Gasteiger partial charge >= 0.3 is 0 Å². The minimum atomic E-state index is 0.391. The number of halogens is 1. The van der Waals surface area contributed by atoms with Crippen molar-refractivity contribution < 1.29 is 0 Å². The lowest BCUT2D eigenvalue weighted by molar-refractivity contribution is 1.49. The van der Waals surface area contributed by atoms with E-state index in [0.29, 0.717) is 8.83 Å². The van der Waals surface area contributed by atoms with Gasteiger partial charge in [0.15, 0.2) is 0 Å². The summed E-state index contributed by atoms with van der Waals surface area (Å²) < 4.78 is 0. The molecule has 3 heteroatoms. The molecule has 0 aliphatic heterocycles. The van der Waals surface area contributed by atoms with E-state index in [2.05, 4.69) is 30.5 Å². The normalized spacial score (nSPS) is 9.80. The Morgan fingerprint density at radius 1 is 1.30 bits per heavy atom. The molecule has 1 aromatic carbocycles. The zero-order chi connectivity index (χ0) is 7.40. The van der Waals surface area contributed by atoms with E-state index >= 15 is 0 Å². The molecule has 52 valence electrons. The monoisotopic (exact) mass is 186 g/mol. The van der Waals surface area contributed by atoms with Crippen LogP contribution in [0.3, 0.4) is 0 Å². The molecule has 0 heterocycles. The number of hydrogen-bond acceptors (Lipinski definition) is 1. The van der Waals surface area contributed by atoms with Gasteiger partial charge in [0.1, 0.15) is 0 Å². The average molecular weight is 187 g/mol. The molecule has 0 fully saturated rings. The van der Waals surface area contributed by atoms with Crippen molar-refractivity contribution in [3.05, 3.63) is 24.3 Å². The van der Waals surface area contributed by atoms with E-state index in [1.165, 1.54) is 10.1 Å². The molecule has 0 N–H and O–H groups in total. The SMILES string of the molecule is CSc1ccc([Si]Cl)cc1. The van der Waals surface area contributed by atoms with Gasteiger partial charge in [-0.1, -0.05) is 12.1 Å². The first-order chi connectivity index (χ1) is 4.86. The second kappa shape index (κ2) is 4.06. The van der Waals surface area contributed by atoms with Crippen LogP contribution in [0.4, 0.5) is 0 Å². The molecular formula is C7H7ClSSi. The van der Waals surface area contributed by atoms with Crippen LogP contribution in [0.25, 0.3) is 0 Å². The molecule has 1 rings (SSSR count). The minimum Gasteiger partial charge on any atom is -0.165 e. The maximum atomic E-state index is 5.64. The van der Waals surface area contributed by atoms with Gasteiger partial charge in [-0.15, -0.1) is 11.8 Å². The van der Waals surface area contributed by atoms with Crippen molar-refractivity contribution in [3.8, 4) is 0 Å². The van der Waals surface area contributed by atoms with Gasteiger partial charge in [0.2, 0.25) is 8.83 Å². The van der Waals surface area contributed by atoms with Crippen LogP contribution in [0.1, 0.15) is 0 Å². The van der Waals surface area contributed by atoms with E-state index in [1.54, 1.807) is 11.8 Å². The number of benzene rings is 1. The van der Waals surface area contributed by atoms with Gasteiger partial charge in [0.25, 0.3) is 0 Å². The van der Waals surface area contributed by atoms with Crippen LogP contribution in [0.5, 0.6) is 0 Å². The molecule has 0 amide bonds. The molecule has 0 spiro atoms. The van der Waals surface area contributed by atoms with Gasteiger partial charge in [-0.05, 0) is 23.6 Å². The standard InChI is InChI=1S/C7H7ClSSi/c1-9-6-2-4-7(10-8)5-3-6/h2-5H,1H3. The zero-order valence-corrected chi connectivity index (χ0v) is 8.17. The second-order valence-electron chi connectivity index (χ2n) is 1.82. The van der Waals surface area contributed by atoms with E-state index < -0.39 is 0 Å². The number of rotatable bonds is 2. The van der Waals surface area contributed by atoms with Gasteiger partial charge in [-0.25, -0.2) is 0 Å². The molecule has 0 aliphatic carbocycles. The number of hydrogen-bond donors (Lipinski definition) is 0. The summed E-state index contributed by atoms with van der Waals surface area (Å²) in [6, 6.07) is 8.32. The maximum Gasteiger partial charge on any atom is 0.210 e. The molecule has 10 heavy (non-hydrogen) atoms. The highest BCUT2D eigenvalue weighted by atomic mass is 35.6. The van der Waals surface area contributed by atoms with E-state index in [1.807, 2.05) is 0 Å². The molecule has 0 bridgehead atoms. The van der Waals surface area contributed by atoms with Crippen LogP contribution in [0, 0.1) is 0 Å². The summed E-state index contributed by atoms with van der Waals surface area (Å²) in [5, 5.41) is 1.21. The Morgan fingerprint density at radius 3 is 2.30 bits per heavy atom. The Hall–Kier alpha value is 0.0769.